The molecule has 20 heavy (non-hydrogen) atoms. The van der Waals surface area contributed by atoms with Gasteiger partial charge in [-0.25, -0.2) is 0 Å². The molecule has 0 spiro atoms. The summed E-state index contributed by atoms with van der Waals surface area (Å²) in [5, 5.41) is 7.50. The van der Waals surface area contributed by atoms with Gasteiger partial charge in [0.1, 0.15) is 5.84 Å². The number of rotatable bonds is 7. The van der Waals surface area contributed by atoms with Crippen molar-refractivity contribution in [2.45, 2.75) is 13.8 Å². The Kier molecular flexibility index (Phi) is 6.49. The van der Waals surface area contributed by atoms with Crippen molar-refractivity contribution in [3.8, 4) is 0 Å². The molecule has 1 rings (SSSR count). The van der Waals surface area contributed by atoms with Crippen LogP contribution in [0.15, 0.2) is 22.7 Å². The van der Waals surface area contributed by atoms with E-state index in [1.807, 2.05) is 18.2 Å². The van der Waals surface area contributed by atoms with Gasteiger partial charge in [0.15, 0.2) is 0 Å². The van der Waals surface area contributed by atoms with E-state index in [-0.39, 0.29) is 5.84 Å². The van der Waals surface area contributed by atoms with Crippen molar-refractivity contribution in [3.05, 3.63) is 28.2 Å². The molecule has 0 saturated carbocycles. The molecule has 0 aliphatic heterocycles. The number of anilines is 1. The molecular formula is C15H25BrN4. The molecule has 0 unspecified atom stereocenters. The summed E-state index contributed by atoms with van der Waals surface area (Å²) in [5.74, 6) is 0.692. The van der Waals surface area contributed by atoms with Gasteiger partial charge in [-0.3, -0.25) is 5.41 Å². The molecule has 0 saturated heterocycles. The Bertz CT molecular complexity index is 457. The second-order valence-electron chi connectivity index (χ2n) is 5.72. The zero-order chi connectivity index (χ0) is 15.3. The third-order valence-corrected chi connectivity index (χ3v) is 3.64. The summed E-state index contributed by atoms with van der Waals surface area (Å²) in [7, 11) is 4.17. The number of nitrogens with zero attached hydrogens (tertiary/aromatic N) is 2. The van der Waals surface area contributed by atoms with Crippen LogP contribution in [0.5, 0.6) is 0 Å². The van der Waals surface area contributed by atoms with Crippen LogP contribution in [0.1, 0.15) is 19.4 Å². The van der Waals surface area contributed by atoms with Gasteiger partial charge in [-0.15, -0.1) is 0 Å². The lowest BCUT2D eigenvalue weighted by molar-refractivity contribution is 0.409. The minimum atomic E-state index is 0.0981. The summed E-state index contributed by atoms with van der Waals surface area (Å²) in [5.41, 5.74) is 7.44. The van der Waals surface area contributed by atoms with Crippen LogP contribution in [-0.2, 0) is 0 Å². The van der Waals surface area contributed by atoms with Crippen LogP contribution >= 0.6 is 15.9 Å². The number of hydrogen-bond acceptors (Lipinski definition) is 3. The zero-order valence-corrected chi connectivity index (χ0v) is 14.4. The molecule has 1 aromatic carbocycles. The van der Waals surface area contributed by atoms with Crippen molar-refractivity contribution >= 4 is 27.5 Å². The Morgan fingerprint density at radius 1 is 1.30 bits per heavy atom. The lowest BCUT2D eigenvalue weighted by Gasteiger charge is -2.29. The number of amidine groups is 1. The summed E-state index contributed by atoms with van der Waals surface area (Å²) in [6.07, 6.45) is 0. The maximum absolute atomic E-state index is 7.50. The van der Waals surface area contributed by atoms with Crippen molar-refractivity contribution in [2.75, 3.05) is 38.6 Å². The fraction of sp³-hybridized carbons (Fsp3) is 0.533. The van der Waals surface area contributed by atoms with E-state index in [0.717, 1.165) is 35.4 Å². The maximum atomic E-state index is 7.50. The Morgan fingerprint density at radius 3 is 2.40 bits per heavy atom. The zero-order valence-electron chi connectivity index (χ0n) is 12.8. The van der Waals surface area contributed by atoms with Crippen LogP contribution in [-0.4, -0.2) is 44.5 Å². The van der Waals surface area contributed by atoms with Crippen LogP contribution in [0.25, 0.3) is 0 Å². The van der Waals surface area contributed by atoms with Gasteiger partial charge in [-0.1, -0.05) is 13.8 Å². The number of nitrogen functional groups attached to an aromatic ring is 1. The average molecular weight is 341 g/mol. The van der Waals surface area contributed by atoms with Gasteiger partial charge in [0.05, 0.1) is 5.69 Å². The minimum absolute atomic E-state index is 0.0981. The molecule has 4 nitrogen and oxygen atoms in total. The third-order valence-electron chi connectivity index (χ3n) is 3.00. The normalized spacial score (nSPS) is 11.2. The molecule has 0 heterocycles. The molecule has 0 aromatic heterocycles. The molecule has 5 heteroatoms. The van der Waals surface area contributed by atoms with Crippen LogP contribution < -0.4 is 10.6 Å². The van der Waals surface area contributed by atoms with Gasteiger partial charge >= 0.3 is 0 Å². The van der Waals surface area contributed by atoms with Gasteiger partial charge in [0.2, 0.25) is 0 Å². The van der Waals surface area contributed by atoms with E-state index in [1.54, 1.807) is 0 Å². The highest BCUT2D eigenvalue weighted by Crippen LogP contribution is 2.28. The van der Waals surface area contributed by atoms with Crippen LogP contribution in [0.3, 0.4) is 0 Å². The molecule has 0 aliphatic carbocycles. The predicted molar refractivity (Wildman–Crippen MR) is 90.8 cm³/mol. The largest absolute Gasteiger partial charge is 0.384 e. The highest BCUT2D eigenvalue weighted by atomic mass is 79.9. The first-order valence-corrected chi connectivity index (χ1v) is 7.64. The van der Waals surface area contributed by atoms with Crippen molar-refractivity contribution in [1.82, 2.24) is 4.90 Å². The SMILES string of the molecule is CC(C)CN(CCN(C)C)c1ccc(C(=N)N)cc1Br. The van der Waals surface area contributed by atoms with Crippen molar-refractivity contribution in [2.24, 2.45) is 11.7 Å². The molecule has 0 radical (unpaired) electrons. The van der Waals surface area contributed by atoms with E-state index < -0.39 is 0 Å². The third kappa shape index (κ3) is 5.13. The molecule has 112 valence electrons. The Labute approximate surface area is 130 Å². The number of hydrogen-bond donors (Lipinski definition) is 2. The quantitative estimate of drug-likeness (QED) is 0.592. The van der Waals surface area contributed by atoms with Crippen molar-refractivity contribution in [3.63, 3.8) is 0 Å². The Balaban J connectivity index is 2.97. The van der Waals surface area contributed by atoms with Crippen LogP contribution in [0, 0.1) is 11.3 Å². The van der Waals surface area contributed by atoms with Crippen LogP contribution in [0.4, 0.5) is 5.69 Å². The van der Waals surface area contributed by atoms with Crippen molar-refractivity contribution in [1.29, 1.82) is 5.41 Å². The fourth-order valence-electron chi connectivity index (χ4n) is 2.00. The standard InChI is InChI=1S/C15H25BrN4/c1-11(2)10-20(8-7-19(3)4)14-6-5-12(15(17)18)9-13(14)16/h5-6,9,11H,7-8,10H2,1-4H3,(H3,17,18). The van der Waals surface area contributed by atoms with Gasteiger partial charge in [0.25, 0.3) is 0 Å². The van der Waals surface area contributed by atoms with Gasteiger partial charge in [0, 0.05) is 29.7 Å². The minimum Gasteiger partial charge on any atom is -0.384 e. The molecule has 0 atom stereocenters. The second-order valence-corrected chi connectivity index (χ2v) is 6.58. The monoisotopic (exact) mass is 340 g/mol. The highest BCUT2D eigenvalue weighted by molar-refractivity contribution is 9.10. The van der Waals surface area contributed by atoms with Gasteiger partial charge in [-0.05, 0) is 54.1 Å². The van der Waals surface area contributed by atoms with Gasteiger partial charge in [-0.2, -0.15) is 0 Å². The Morgan fingerprint density at radius 2 is 1.95 bits per heavy atom. The second kappa shape index (κ2) is 7.64. The van der Waals surface area contributed by atoms with Crippen molar-refractivity contribution < 1.29 is 0 Å². The topological polar surface area (TPSA) is 56.4 Å². The average Bonchev–Trinajstić information content (AvgIpc) is 2.33. The summed E-state index contributed by atoms with van der Waals surface area (Å²) >= 11 is 3.61. The summed E-state index contributed by atoms with van der Waals surface area (Å²) in [6, 6.07) is 5.87. The lowest BCUT2D eigenvalue weighted by Crippen LogP contribution is -2.34. The van der Waals surface area contributed by atoms with Crippen LogP contribution in [0.2, 0.25) is 0 Å². The predicted octanol–water partition coefficient (Wildman–Crippen LogP) is 2.76. The number of likely N-dealkylation sites (N-methyl/N-ethyl adjacent to an activating group) is 1. The molecule has 0 fully saturated rings. The molecular weight excluding hydrogens is 316 g/mol. The first kappa shape index (κ1) is 17.0. The first-order valence-electron chi connectivity index (χ1n) is 6.85. The van der Waals surface area contributed by atoms with E-state index in [2.05, 4.69) is 53.7 Å². The van der Waals surface area contributed by atoms with E-state index in [1.165, 1.54) is 0 Å². The summed E-state index contributed by atoms with van der Waals surface area (Å²) < 4.78 is 0.990. The smallest absolute Gasteiger partial charge is 0.122 e. The summed E-state index contributed by atoms with van der Waals surface area (Å²) in [4.78, 5) is 4.56. The molecule has 1 aromatic rings. The number of nitrogens with one attached hydrogen (secondary N) is 1. The lowest BCUT2D eigenvalue weighted by atomic mass is 10.1. The van der Waals surface area contributed by atoms with E-state index in [9.17, 15) is 0 Å². The number of nitrogens with two attached hydrogens (primary N) is 1. The molecule has 3 N–H and O–H groups in total. The van der Waals surface area contributed by atoms with E-state index in [4.69, 9.17) is 11.1 Å². The maximum Gasteiger partial charge on any atom is 0.122 e. The Hall–Kier alpha value is -1.07. The number of benzene rings is 1. The van der Waals surface area contributed by atoms with Gasteiger partial charge < -0.3 is 15.5 Å². The van der Waals surface area contributed by atoms with E-state index >= 15 is 0 Å². The van der Waals surface area contributed by atoms with E-state index in [0.29, 0.717) is 5.92 Å². The fourth-order valence-corrected chi connectivity index (χ4v) is 2.63. The molecule has 0 bridgehead atoms. The molecule has 0 amide bonds. The highest BCUT2D eigenvalue weighted by Gasteiger charge is 2.13. The number of halogens is 1. The first-order chi connectivity index (χ1) is 9.31. The molecule has 0 aliphatic rings. The summed E-state index contributed by atoms with van der Waals surface area (Å²) in [6.45, 7) is 7.43.